The highest BCUT2D eigenvalue weighted by atomic mass is 16.3. The molecule has 2 aromatic rings. The zero-order valence-corrected chi connectivity index (χ0v) is 17.3. The van der Waals surface area contributed by atoms with Gasteiger partial charge in [-0.15, -0.1) is 0 Å². The Labute approximate surface area is 167 Å². The maximum absolute atomic E-state index is 6.16. The minimum Gasteiger partial charge on any atom is -0.456 e. The number of aryl methyl sites for hydroxylation is 3. The van der Waals surface area contributed by atoms with Crippen LogP contribution < -0.4 is 0 Å². The van der Waals surface area contributed by atoms with Gasteiger partial charge in [-0.1, -0.05) is 53.3 Å². The fourth-order valence-electron chi connectivity index (χ4n) is 3.46. The van der Waals surface area contributed by atoms with E-state index in [0.717, 1.165) is 11.3 Å². The van der Waals surface area contributed by atoms with E-state index in [1.54, 1.807) is 0 Å². The van der Waals surface area contributed by atoms with Crippen LogP contribution in [0.15, 0.2) is 44.9 Å². The van der Waals surface area contributed by atoms with Crippen LogP contribution >= 0.6 is 0 Å². The molecule has 1 heterocycles. The van der Waals surface area contributed by atoms with Crippen LogP contribution in [0.3, 0.4) is 0 Å². The first kappa shape index (κ1) is 25.0. The lowest BCUT2D eigenvalue weighted by atomic mass is 9.82. The molecule has 1 atom stereocenters. The van der Waals surface area contributed by atoms with E-state index < -0.39 is 0 Å². The summed E-state index contributed by atoms with van der Waals surface area (Å²) in [6.07, 6.45) is 4.50. The molecule has 0 saturated heterocycles. The highest BCUT2D eigenvalue weighted by Gasteiger charge is 2.18. The minimum absolute atomic E-state index is 0. The molecule has 0 N–H and O–H groups in total. The molecule has 150 valence electrons. The van der Waals surface area contributed by atoms with Gasteiger partial charge < -0.3 is 4.42 Å². The fraction of sp³-hybridized carbons (Fsp3) is 0.462. The van der Waals surface area contributed by atoms with Gasteiger partial charge in [0.25, 0.3) is 0 Å². The van der Waals surface area contributed by atoms with Gasteiger partial charge in [0.2, 0.25) is 0 Å². The van der Waals surface area contributed by atoms with Crippen LogP contribution in [0.2, 0.25) is 0 Å². The van der Waals surface area contributed by atoms with Crippen LogP contribution in [-0.2, 0) is 0 Å². The van der Waals surface area contributed by atoms with Crippen LogP contribution in [0, 0.1) is 26.7 Å². The molecule has 0 radical (unpaired) electrons. The molecule has 0 amide bonds. The average Bonchev–Trinajstić information content (AvgIpc) is 3.02. The van der Waals surface area contributed by atoms with Gasteiger partial charge in [0.15, 0.2) is 0 Å². The van der Waals surface area contributed by atoms with Crippen LogP contribution in [0.1, 0.15) is 78.8 Å². The van der Waals surface area contributed by atoms with Crippen molar-refractivity contribution in [2.45, 2.75) is 77.2 Å². The monoisotopic (exact) mass is 368 g/mol. The molecular formula is C26H40O. The maximum atomic E-state index is 6.16. The molecule has 1 aromatic carbocycles. The Kier molecular flexibility index (Phi) is 9.05. The first-order chi connectivity index (χ1) is 11.8. The summed E-state index contributed by atoms with van der Waals surface area (Å²) in [4.78, 5) is 0. The van der Waals surface area contributed by atoms with Crippen molar-refractivity contribution in [2.75, 3.05) is 0 Å². The second kappa shape index (κ2) is 9.78. The number of benzene rings is 1. The van der Waals surface area contributed by atoms with E-state index >= 15 is 0 Å². The summed E-state index contributed by atoms with van der Waals surface area (Å²) in [5.74, 6) is 1.39. The topological polar surface area (TPSA) is 13.1 Å². The number of rotatable bonds is 1. The van der Waals surface area contributed by atoms with E-state index in [1.165, 1.54) is 44.4 Å². The molecule has 1 heteroatoms. The zero-order valence-electron chi connectivity index (χ0n) is 17.3. The van der Waals surface area contributed by atoms with Crippen molar-refractivity contribution in [2.24, 2.45) is 5.92 Å². The molecule has 0 aliphatic heterocycles. The highest BCUT2D eigenvalue weighted by molar-refractivity contribution is 5.87. The van der Waals surface area contributed by atoms with E-state index in [0.29, 0.717) is 5.92 Å². The van der Waals surface area contributed by atoms with Gasteiger partial charge in [-0.25, -0.2) is 0 Å². The Morgan fingerprint density at radius 3 is 2.07 bits per heavy atom. The lowest BCUT2D eigenvalue weighted by Gasteiger charge is -2.23. The van der Waals surface area contributed by atoms with Gasteiger partial charge in [-0.05, 0) is 87.1 Å². The fourth-order valence-corrected chi connectivity index (χ4v) is 3.46. The molecule has 1 aliphatic rings. The number of furan rings is 1. The highest BCUT2D eigenvalue weighted by Crippen LogP contribution is 2.35. The summed E-state index contributed by atoms with van der Waals surface area (Å²) in [5, 5.41) is 1.24. The van der Waals surface area contributed by atoms with Crippen molar-refractivity contribution in [3.8, 4) is 0 Å². The zero-order chi connectivity index (χ0) is 18.9. The number of allylic oxidation sites excluding steroid dienone is 5. The van der Waals surface area contributed by atoms with Gasteiger partial charge in [0.1, 0.15) is 11.3 Å². The van der Waals surface area contributed by atoms with Crippen LogP contribution in [0.25, 0.3) is 17.0 Å². The molecule has 27 heavy (non-hydrogen) atoms. The van der Waals surface area contributed by atoms with Crippen LogP contribution in [0.4, 0.5) is 0 Å². The van der Waals surface area contributed by atoms with Crippen LogP contribution in [-0.4, -0.2) is 0 Å². The van der Waals surface area contributed by atoms with Crippen LogP contribution in [0.5, 0.6) is 0 Å². The van der Waals surface area contributed by atoms with Crippen molar-refractivity contribution >= 4 is 17.0 Å². The van der Waals surface area contributed by atoms with Crippen molar-refractivity contribution in [3.05, 3.63) is 63.0 Å². The third-order valence-electron chi connectivity index (χ3n) is 5.56. The van der Waals surface area contributed by atoms with Crippen molar-refractivity contribution in [1.29, 1.82) is 0 Å². The maximum Gasteiger partial charge on any atom is 0.137 e. The summed E-state index contributed by atoms with van der Waals surface area (Å²) in [5.41, 5.74) is 10.4. The van der Waals surface area contributed by atoms with Gasteiger partial charge in [-0.2, -0.15) is 0 Å². The Morgan fingerprint density at radius 2 is 1.48 bits per heavy atom. The summed E-state index contributed by atoms with van der Waals surface area (Å²) >= 11 is 0. The van der Waals surface area contributed by atoms with Crippen molar-refractivity contribution in [1.82, 2.24) is 0 Å². The molecule has 0 spiro atoms. The number of hydrogen-bond donors (Lipinski definition) is 0. The smallest absolute Gasteiger partial charge is 0.137 e. The lowest BCUT2D eigenvalue weighted by molar-refractivity contribution is 0.600. The summed E-state index contributed by atoms with van der Waals surface area (Å²) < 4.78 is 6.16. The predicted octanol–water partition coefficient (Wildman–Crippen LogP) is 8.97. The summed E-state index contributed by atoms with van der Waals surface area (Å²) in [6, 6.07) is 4.40. The van der Waals surface area contributed by atoms with E-state index in [4.69, 9.17) is 4.42 Å². The van der Waals surface area contributed by atoms with E-state index in [2.05, 4.69) is 72.8 Å². The average molecular weight is 369 g/mol. The quantitative estimate of drug-likeness (QED) is 0.489. The van der Waals surface area contributed by atoms with Crippen molar-refractivity contribution < 1.29 is 4.42 Å². The molecule has 0 bridgehead atoms. The van der Waals surface area contributed by atoms with E-state index in [-0.39, 0.29) is 14.9 Å². The van der Waals surface area contributed by atoms with E-state index in [1.807, 2.05) is 13.8 Å². The molecule has 3 rings (SSSR count). The molecule has 0 saturated carbocycles. The molecule has 1 unspecified atom stereocenters. The van der Waals surface area contributed by atoms with Gasteiger partial charge in [0, 0.05) is 11.3 Å². The third kappa shape index (κ3) is 4.64. The second-order valence-electron chi connectivity index (χ2n) is 7.03. The molecule has 0 fully saturated rings. The molecule has 1 aromatic heterocycles. The normalized spacial score (nSPS) is 17.7. The van der Waals surface area contributed by atoms with Crippen molar-refractivity contribution in [3.63, 3.8) is 0 Å². The summed E-state index contributed by atoms with van der Waals surface area (Å²) in [7, 11) is 0. The first-order valence-corrected chi connectivity index (χ1v) is 9.37. The second-order valence-corrected chi connectivity index (χ2v) is 7.03. The number of hydrogen-bond acceptors (Lipinski definition) is 1. The SMILES string of the molecule is C.C.CC.CC1=C/C(=C/c2cc3c(C)c(C)cc(C)c3o2)C(C)C(C)=C1C. The Bertz CT molecular complexity index is 885. The Hall–Kier alpha value is -2.02. The van der Waals surface area contributed by atoms with Gasteiger partial charge in [-0.3, -0.25) is 0 Å². The lowest BCUT2D eigenvalue weighted by Crippen LogP contribution is -2.07. The number of fused-ring (bicyclic) bond motifs is 1. The first-order valence-electron chi connectivity index (χ1n) is 9.37. The van der Waals surface area contributed by atoms with Gasteiger partial charge in [0.05, 0.1) is 0 Å². The largest absolute Gasteiger partial charge is 0.456 e. The van der Waals surface area contributed by atoms with E-state index in [9.17, 15) is 0 Å². The Morgan fingerprint density at radius 1 is 0.889 bits per heavy atom. The standard InChI is InChI=1S/C22H26O.C2H6.2CH4/c1-12-8-14(3)22-21(16(12)5)11-20(23-22)10-19-9-13(2)15(4)17(6)18(19)7;1-2;;/h8-11,18H,1-7H3;1-2H3;2*1H4/b19-10-;;;. The Balaban J connectivity index is 0.00000164. The third-order valence-corrected chi connectivity index (χ3v) is 5.56. The van der Waals surface area contributed by atoms with Gasteiger partial charge >= 0.3 is 0 Å². The molecule has 1 nitrogen and oxygen atoms in total. The predicted molar refractivity (Wildman–Crippen MR) is 125 cm³/mol. The minimum atomic E-state index is 0. The molecular weight excluding hydrogens is 328 g/mol. The molecule has 1 aliphatic carbocycles. The summed E-state index contributed by atoms with van der Waals surface area (Å²) in [6.45, 7) is 19.4.